The van der Waals surface area contributed by atoms with Gasteiger partial charge in [-0.25, -0.2) is 0 Å². The first kappa shape index (κ1) is 14.4. The van der Waals surface area contributed by atoms with E-state index in [2.05, 4.69) is 40.8 Å². The SMILES string of the molecule is CC(=O)OCBr.CCC(=O)OBr. The van der Waals surface area contributed by atoms with Crippen molar-refractivity contribution in [2.24, 2.45) is 0 Å². The van der Waals surface area contributed by atoms with Crippen LogP contribution in [0.5, 0.6) is 0 Å². The van der Waals surface area contributed by atoms with Crippen LogP contribution in [-0.4, -0.2) is 17.5 Å². The summed E-state index contributed by atoms with van der Waals surface area (Å²) < 4.78 is 8.39. The van der Waals surface area contributed by atoms with Crippen LogP contribution in [0, 0.1) is 0 Å². The number of esters is 1. The Morgan fingerprint density at radius 3 is 1.92 bits per heavy atom. The minimum Gasteiger partial charge on any atom is -0.454 e. The van der Waals surface area contributed by atoms with E-state index in [4.69, 9.17) is 0 Å². The van der Waals surface area contributed by atoms with Crippen LogP contribution in [0.4, 0.5) is 0 Å². The molecule has 4 nitrogen and oxygen atoms in total. The van der Waals surface area contributed by atoms with Crippen molar-refractivity contribution in [3.63, 3.8) is 0 Å². The predicted molar refractivity (Wildman–Crippen MR) is 50.9 cm³/mol. The maximum Gasteiger partial charge on any atom is 0.316 e. The molecule has 0 spiro atoms. The minimum absolute atomic E-state index is 0.241. The first-order chi connectivity index (χ1) is 5.58. The number of alkyl halides is 1. The lowest BCUT2D eigenvalue weighted by atomic mass is 10.5. The van der Waals surface area contributed by atoms with E-state index in [1.165, 1.54) is 6.92 Å². The third-order valence-electron chi connectivity index (χ3n) is 0.633. The molecule has 0 heterocycles. The molecule has 0 atom stereocenters. The first-order valence-corrected chi connectivity index (χ1v) is 4.86. The lowest BCUT2D eigenvalue weighted by Crippen LogP contribution is -1.93. The largest absolute Gasteiger partial charge is 0.454 e. The Hall–Kier alpha value is -0.100. The molecule has 0 aliphatic rings. The molecule has 0 aliphatic heterocycles. The van der Waals surface area contributed by atoms with Crippen LogP contribution < -0.4 is 0 Å². The molecule has 0 amide bonds. The summed E-state index contributed by atoms with van der Waals surface area (Å²) in [5.74, 6) is -0.498. The van der Waals surface area contributed by atoms with Crippen molar-refractivity contribution in [2.75, 3.05) is 5.52 Å². The van der Waals surface area contributed by atoms with E-state index in [9.17, 15) is 9.59 Å². The summed E-state index contributed by atoms with van der Waals surface area (Å²) in [4.78, 5) is 19.7. The van der Waals surface area contributed by atoms with Gasteiger partial charge in [0.1, 0.15) is 5.52 Å². The highest BCUT2D eigenvalue weighted by Crippen LogP contribution is 1.88. The quantitative estimate of drug-likeness (QED) is 0.579. The summed E-state index contributed by atoms with van der Waals surface area (Å²) in [6.45, 7) is 3.09. The van der Waals surface area contributed by atoms with Crippen LogP contribution in [0.2, 0.25) is 0 Å². The average molecular weight is 306 g/mol. The van der Waals surface area contributed by atoms with Crippen molar-refractivity contribution in [1.82, 2.24) is 0 Å². The normalized spacial score (nSPS) is 7.67. The fraction of sp³-hybridized carbons (Fsp3) is 0.667. The molecule has 0 aromatic carbocycles. The molecule has 0 aromatic rings. The smallest absolute Gasteiger partial charge is 0.316 e. The monoisotopic (exact) mass is 304 g/mol. The van der Waals surface area contributed by atoms with Crippen LogP contribution in [0.15, 0.2) is 0 Å². The van der Waals surface area contributed by atoms with Crippen LogP contribution in [-0.2, 0) is 18.2 Å². The maximum atomic E-state index is 9.91. The molecule has 0 saturated heterocycles. The standard InChI is InChI=1S/2C3H5BrO2/c1-3(5)6-2-4;1-2-3(5)6-4/h2*2H2,1H3. The van der Waals surface area contributed by atoms with Crippen molar-refractivity contribution in [1.29, 1.82) is 0 Å². The van der Waals surface area contributed by atoms with Crippen LogP contribution in [0.25, 0.3) is 0 Å². The zero-order valence-corrected chi connectivity index (χ0v) is 9.98. The summed E-state index contributed by atoms with van der Waals surface area (Å²) in [6, 6.07) is 0. The van der Waals surface area contributed by atoms with E-state index in [1.54, 1.807) is 6.92 Å². The minimum atomic E-state index is -0.258. The molecule has 6 heteroatoms. The van der Waals surface area contributed by atoms with Crippen molar-refractivity contribution >= 4 is 44.1 Å². The molecular formula is C6H10Br2O4. The van der Waals surface area contributed by atoms with Gasteiger partial charge in [-0.3, -0.25) is 9.59 Å². The van der Waals surface area contributed by atoms with Gasteiger partial charge in [0.25, 0.3) is 0 Å². The van der Waals surface area contributed by atoms with E-state index in [-0.39, 0.29) is 11.9 Å². The predicted octanol–water partition coefficient (Wildman–Crippen LogP) is 2.15. The number of carbonyl (C=O) groups excluding carboxylic acids is 2. The third-order valence-corrected chi connectivity index (χ3v) is 1.22. The Balaban J connectivity index is 0. The van der Waals surface area contributed by atoms with Gasteiger partial charge in [0.2, 0.25) is 0 Å². The molecule has 0 bridgehead atoms. The zero-order valence-electron chi connectivity index (χ0n) is 6.80. The van der Waals surface area contributed by atoms with Gasteiger partial charge >= 0.3 is 11.9 Å². The highest BCUT2D eigenvalue weighted by atomic mass is 79.9. The number of hydrogen-bond acceptors (Lipinski definition) is 4. The molecule has 12 heavy (non-hydrogen) atoms. The van der Waals surface area contributed by atoms with Crippen LogP contribution in [0.3, 0.4) is 0 Å². The van der Waals surface area contributed by atoms with Crippen LogP contribution >= 0.6 is 32.2 Å². The van der Waals surface area contributed by atoms with Crippen molar-refractivity contribution < 1.29 is 18.2 Å². The second-order valence-electron chi connectivity index (χ2n) is 1.55. The van der Waals surface area contributed by atoms with Crippen LogP contribution in [0.1, 0.15) is 20.3 Å². The fourth-order valence-electron chi connectivity index (χ4n) is 0.131. The van der Waals surface area contributed by atoms with Gasteiger partial charge in [0.15, 0.2) is 16.3 Å². The molecule has 0 radical (unpaired) electrons. The van der Waals surface area contributed by atoms with Gasteiger partial charge in [-0.15, -0.1) is 0 Å². The molecule has 0 saturated carbocycles. The van der Waals surface area contributed by atoms with E-state index in [1.807, 2.05) is 0 Å². The highest BCUT2D eigenvalue weighted by Gasteiger charge is 1.89. The second kappa shape index (κ2) is 10.9. The Morgan fingerprint density at radius 1 is 1.42 bits per heavy atom. The zero-order chi connectivity index (χ0) is 9.98. The van der Waals surface area contributed by atoms with Gasteiger partial charge in [-0.05, 0) is 15.9 Å². The van der Waals surface area contributed by atoms with Gasteiger partial charge in [0, 0.05) is 13.3 Å². The molecule has 0 aromatic heterocycles. The van der Waals surface area contributed by atoms with Crippen molar-refractivity contribution in [3.8, 4) is 0 Å². The van der Waals surface area contributed by atoms with Gasteiger partial charge in [-0.2, -0.15) is 0 Å². The highest BCUT2D eigenvalue weighted by molar-refractivity contribution is 9.09. The number of carbonyl (C=O) groups is 2. The number of halogens is 2. The topological polar surface area (TPSA) is 52.6 Å². The molecule has 0 rings (SSSR count). The Kier molecular flexibility index (Phi) is 13.1. The molecule has 0 N–H and O–H groups in total. The van der Waals surface area contributed by atoms with Gasteiger partial charge < -0.3 is 8.57 Å². The number of rotatable bonds is 2. The maximum absolute atomic E-state index is 9.91. The van der Waals surface area contributed by atoms with E-state index in [0.717, 1.165) is 0 Å². The van der Waals surface area contributed by atoms with Crippen molar-refractivity contribution in [2.45, 2.75) is 20.3 Å². The second-order valence-corrected chi connectivity index (χ2v) is 2.33. The summed E-state index contributed by atoms with van der Waals surface area (Å²) in [6.07, 6.45) is 0.422. The molecule has 72 valence electrons. The molecule has 0 unspecified atom stereocenters. The van der Waals surface area contributed by atoms with E-state index >= 15 is 0 Å². The fourth-order valence-corrected chi connectivity index (χ4v) is 0.683. The Bertz CT molecular complexity index is 132. The summed E-state index contributed by atoms with van der Waals surface area (Å²) in [5, 5.41) is 0. The lowest BCUT2D eigenvalue weighted by Gasteiger charge is -1.87. The van der Waals surface area contributed by atoms with E-state index < -0.39 is 0 Å². The lowest BCUT2D eigenvalue weighted by molar-refractivity contribution is -0.138. The molecule has 0 aliphatic carbocycles. The number of hydrogen-bond donors (Lipinski definition) is 0. The Morgan fingerprint density at radius 2 is 1.92 bits per heavy atom. The average Bonchev–Trinajstić information content (AvgIpc) is 2.04. The van der Waals surface area contributed by atoms with Gasteiger partial charge in [-0.1, -0.05) is 6.92 Å². The summed E-state index contributed by atoms with van der Waals surface area (Å²) in [5.41, 5.74) is 0.294. The van der Waals surface area contributed by atoms with E-state index in [0.29, 0.717) is 11.9 Å². The molecule has 0 fully saturated rings. The molecular weight excluding hydrogens is 296 g/mol. The number of ether oxygens (including phenoxy) is 1. The summed E-state index contributed by atoms with van der Waals surface area (Å²) >= 11 is 5.43. The third kappa shape index (κ3) is 16.5. The van der Waals surface area contributed by atoms with Crippen molar-refractivity contribution in [3.05, 3.63) is 0 Å². The Labute approximate surface area is 88.2 Å². The van der Waals surface area contributed by atoms with Gasteiger partial charge in [0.05, 0.1) is 0 Å². The first-order valence-electron chi connectivity index (χ1n) is 3.09. The summed E-state index contributed by atoms with van der Waals surface area (Å²) in [7, 11) is 0.